The van der Waals surface area contributed by atoms with Gasteiger partial charge in [-0.1, -0.05) is 23.7 Å². The summed E-state index contributed by atoms with van der Waals surface area (Å²) in [5.41, 5.74) is 0.907. The van der Waals surface area contributed by atoms with Gasteiger partial charge in [-0.05, 0) is 88.0 Å². The van der Waals surface area contributed by atoms with Crippen LogP contribution in [0.3, 0.4) is 0 Å². The van der Waals surface area contributed by atoms with Crippen molar-refractivity contribution in [1.82, 2.24) is 4.90 Å². The van der Waals surface area contributed by atoms with Gasteiger partial charge in [0.25, 0.3) is 16.8 Å². The summed E-state index contributed by atoms with van der Waals surface area (Å²) >= 11 is 8.64. The third-order valence-electron chi connectivity index (χ3n) is 5.18. The first kappa shape index (κ1) is 27.9. The van der Waals surface area contributed by atoms with Crippen molar-refractivity contribution in [2.75, 3.05) is 7.11 Å². The Balaban J connectivity index is 1.58. The predicted octanol–water partition coefficient (Wildman–Crippen LogP) is 5.87. The molecule has 10 nitrogen and oxygen atoms in total. The molecule has 0 spiro atoms. The third-order valence-corrected chi connectivity index (χ3v) is 8.36. The molecule has 1 aliphatic rings. The summed E-state index contributed by atoms with van der Waals surface area (Å²) in [5, 5.41) is 10.9. The number of carbonyl (C=O) groups is 2. The molecule has 0 unspecified atom stereocenters. The summed E-state index contributed by atoms with van der Waals surface area (Å²) in [7, 11) is -3.03. The van der Waals surface area contributed by atoms with Crippen molar-refractivity contribution in [2.24, 2.45) is 0 Å². The number of halogens is 2. The van der Waals surface area contributed by atoms with E-state index in [1.165, 1.54) is 19.3 Å². The van der Waals surface area contributed by atoms with Gasteiger partial charge in [0.1, 0.15) is 4.90 Å². The van der Waals surface area contributed by atoms with E-state index in [1.54, 1.807) is 30.3 Å². The fraction of sp³-hybridized carbons (Fsp3) is 0.0833. The molecular formula is C24H16ClIN2O8S2. The third kappa shape index (κ3) is 6.11. The van der Waals surface area contributed by atoms with Gasteiger partial charge in [-0.15, -0.1) is 0 Å². The standard InChI is InChI=1S/C24H16ClIN2O8S2/c1-35-20-11-15(12-21-23(29)27(24(30)37-21)13-14-3-2-4-16(25)9-14)10-19(26)22(20)36-38(33,34)18-7-5-17(6-8-18)28(31)32/h2-12H,13H2,1H3/b21-12-. The molecule has 2 amide bonds. The maximum atomic E-state index is 12.9. The molecule has 0 N–H and O–H groups in total. The average Bonchev–Trinajstić information content (AvgIpc) is 3.12. The lowest BCUT2D eigenvalue weighted by Crippen LogP contribution is -2.27. The van der Waals surface area contributed by atoms with E-state index in [1.807, 2.05) is 22.6 Å². The summed E-state index contributed by atoms with van der Waals surface area (Å²) in [6.45, 7) is 0.0662. The van der Waals surface area contributed by atoms with Gasteiger partial charge in [-0.2, -0.15) is 8.42 Å². The topological polar surface area (TPSA) is 133 Å². The number of thioether (sulfide) groups is 1. The van der Waals surface area contributed by atoms with Crippen molar-refractivity contribution in [3.63, 3.8) is 0 Å². The van der Waals surface area contributed by atoms with E-state index in [0.717, 1.165) is 40.9 Å². The Kier molecular flexibility index (Phi) is 8.30. The molecule has 3 aromatic carbocycles. The van der Waals surface area contributed by atoms with Crippen molar-refractivity contribution < 1.29 is 31.9 Å². The lowest BCUT2D eigenvalue weighted by Gasteiger charge is -2.14. The van der Waals surface area contributed by atoms with Gasteiger partial charge in [0.15, 0.2) is 11.5 Å². The van der Waals surface area contributed by atoms with Crippen LogP contribution in [0.5, 0.6) is 11.5 Å². The molecule has 4 rings (SSSR count). The molecule has 1 fully saturated rings. The van der Waals surface area contributed by atoms with Crippen LogP contribution in [0.15, 0.2) is 70.5 Å². The second-order valence-electron chi connectivity index (χ2n) is 7.72. The lowest BCUT2D eigenvalue weighted by molar-refractivity contribution is -0.384. The number of nitro benzene ring substituents is 1. The maximum absolute atomic E-state index is 12.9. The van der Waals surface area contributed by atoms with Crippen LogP contribution < -0.4 is 8.92 Å². The molecule has 196 valence electrons. The van der Waals surface area contributed by atoms with Crippen molar-refractivity contribution >= 4 is 79.0 Å². The number of hydrogen-bond donors (Lipinski definition) is 0. The molecule has 0 bridgehead atoms. The second kappa shape index (κ2) is 11.3. The van der Waals surface area contributed by atoms with Gasteiger partial charge in [0, 0.05) is 17.2 Å². The van der Waals surface area contributed by atoms with Crippen molar-refractivity contribution in [3.8, 4) is 11.5 Å². The summed E-state index contributed by atoms with van der Waals surface area (Å²) in [5.74, 6) is -0.514. The van der Waals surface area contributed by atoms with Crippen LogP contribution in [0.2, 0.25) is 5.02 Å². The molecule has 1 aliphatic heterocycles. The molecular weight excluding hydrogens is 671 g/mol. The number of amides is 2. The van der Waals surface area contributed by atoms with Gasteiger partial charge in [-0.25, -0.2) is 0 Å². The van der Waals surface area contributed by atoms with E-state index in [-0.39, 0.29) is 33.5 Å². The van der Waals surface area contributed by atoms with E-state index >= 15 is 0 Å². The quantitative estimate of drug-likeness (QED) is 0.0939. The molecule has 0 aliphatic carbocycles. The number of imide groups is 1. The molecule has 3 aromatic rings. The molecule has 0 saturated carbocycles. The van der Waals surface area contributed by atoms with Gasteiger partial charge in [-0.3, -0.25) is 24.6 Å². The van der Waals surface area contributed by atoms with Gasteiger partial charge >= 0.3 is 10.1 Å². The van der Waals surface area contributed by atoms with Gasteiger partial charge in [0.05, 0.1) is 27.1 Å². The highest BCUT2D eigenvalue weighted by molar-refractivity contribution is 14.1. The summed E-state index contributed by atoms with van der Waals surface area (Å²) in [6.07, 6.45) is 1.50. The van der Waals surface area contributed by atoms with Crippen LogP contribution in [-0.4, -0.2) is 36.5 Å². The van der Waals surface area contributed by atoms with Crippen LogP contribution in [0.25, 0.3) is 6.08 Å². The van der Waals surface area contributed by atoms with E-state index in [9.17, 15) is 28.1 Å². The molecule has 14 heteroatoms. The highest BCUT2D eigenvalue weighted by Crippen LogP contribution is 2.39. The first-order valence-corrected chi connectivity index (χ1v) is 14.2. The molecule has 38 heavy (non-hydrogen) atoms. The zero-order valence-electron chi connectivity index (χ0n) is 19.3. The number of rotatable bonds is 8. The Morgan fingerprint density at radius 2 is 1.84 bits per heavy atom. The van der Waals surface area contributed by atoms with Crippen molar-refractivity contribution in [2.45, 2.75) is 11.4 Å². The number of nitro groups is 1. The van der Waals surface area contributed by atoms with E-state index < -0.39 is 26.2 Å². The fourth-order valence-corrected chi connectivity index (χ4v) is 6.29. The molecule has 0 radical (unpaired) electrons. The molecule has 1 heterocycles. The first-order chi connectivity index (χ1) is 18.0. The van der Waals surface area contributed by atoms with Crippen LogP contribution in [0.4, 0.5) is 10.5 Å². The number of hydrogen-bond acceptors (Lipinski definition) is 9. The predicted molar refractivity (Wildman–Crippen MR) is 150 cm³/mol. The van der Waals surface area contributed by atoms with Crippen LogP contribution in [0.1, 0.15) is 11.1 Å². The maximum Gasteiger partial charge on any atom is 0.339 e. The Morgan fingerprint density at radius 1 is 1.13 bits per heavy atom. The van der Waals surface area contributed by atoms with Gasteiger partial charge < -0.3 is 8.92 Å². The summed E-state index contributed by atoms with van der Waals surface area (Å²) < 4.78 is 36.6. The Morgan fingerprint density at radius 3 is 2.47 bits per heavy atom. The van der Waals surface area contributed by atoms with E-state index in [4.69, 9.17) is 20.5 Å². The number of carbonyl (C=O) groups excluding carboxylic acids is 2. The number of ether oxygens (including phenoxy) is 1. The second-order valence-corrected chi connectivity index (χ2v) is 11.9. The Hall–Kier alpha value is -3.14. The van der Waals surface area contributed by atoms with Crippen molar-refractivity contribution in [1.29, 1.82) is 0 Å². The Bertz CT molecular complexity index is 1590. The average molecular weight is 687 g/mol. The zero-order valence-corrected chi connectivity index (χ0v) is 23.8. The number of non-ortho nitro benzene ring substituents is 1. The number of methoxy groups -OCH3 is 1. The normalized spacial score (nSPS) is 14.7. The SMILES string of the molecule is COc1cc(/C=C2\SC(=O)N(Cc3cccc(Cl)c3)C2=O)cc(I)c1OS(=O)(=O)c1ccc([N+](=O)[O-])cc1. The van der Waals surface area contributed by atoms with Crippen molar-refractivity contribution in [3.05, 3.63) is 95.4 Å². The van der Waals surface area contributed by atoms with E-state index in [0.29, 0.717) is 19.7 Å². The number of benzene rings is 3. The monoisotopic (exact) mass is 686 g/mol. The van der Waals surface area contributed by atoms with Crippen LogP contribution in [-0.2, 0) is 21.5 Å². The first-order valence-electron chi connectivity index (χ1n) is 10.5. The highest BCUT2D eigenvalue weighted by atomic mass is 127. The largest absolute Gasteiger partial charge is 0.493 e. The lowest BCUT2D eigenvalue weighted by atomic mass is 10.1. The van der Waals surface area contributed by atoms with Gasteiger partial charge in [0.2, 0.25) is 0 Å². The highest BCUT2D eigenvalue weighted by Gasteiger charge is 2.35. The van der Waals surface area contributed by atoms with Crippen LogP contribution >= 0.6 is 46.0 Å². The minimum absolute atomic E-state index is 0.0618. The summed E-state index contributed by atoms with van der Waals surface area (Å²) in [4.78, 5) is 36.7. The summed E-state index contributed by atoms with van der Waals surface area (Å²) in [6, 6.07) is 14.1. The Labute approximate surface area is 240 Å². The van der Waals surface area contributed by atoms with E-state index in [2.05, 4.69) is 0 Å². The van der Waals surface area contributed by atoms with Crippen LogP contribution in [0, 0.1) is 13.7 Å². The smallest absolute Gasteiger partial charge is 0.339 e. The fourth-order valence-electron chi connectivity index (χ4n) is 3.40. The zero-order chi connectivity index (χ0) is 27.6. The molecule has 0 aromatic heterocycles. The minimum atomic E-state index is -4.34. The minimum Gasteiger partial charge on any atom is -0.493 e. The number of nitrogens with zero attached hydrogens (tertiary/aromatic N) is 2. The molecule has 1 saturated heterocycles. The molecule has 0 atom stereocenters.